The molecule has 0 radical (unpaired) electrons. The quantitative estimate of drug-likeness (QED) is 0.0243. The molecule has 0 aliphatic carbocycles. The molecule has 1 saturated heterocycles. The molecule has 1 amide bonds. The van der Waals surface area contributed by atoms with E-state index in [4.69, 9.17) is 14.0 Å². The van der Waals surface area contributed by atoms with Crippen molar-refractivity contribution in [2.75, 3.05) is 13.2 Å². The van der Waals surface area contributed by atoms with Crippen molar-refractivity contribution in [2.24, 2.45) is 0 Å². The van der Waals surface area contributed by atoms with Crippen LogP contribution in [0.3, 0.4) is 0 Å². The molecular formula is C38H65NO12S. The van der Waals surface area contributed by atoms with Crippen LogP contribution in [-0.2, 0) is 28.9 Å². The molecule has 7 N–H and O–H groups in total. The van der Waals surface area contributed by atoms with Gasteiger partial charge in [0.2, 0.25) is 5.91 Å². The van der Waals surface area contributed by atoms with Crippen LogP contribution in [0.2, 0.25) is 0 Å². The Balaban J connectivity index is 2.72. The Kier molecular flexibility index (Phi) is 26.8. The highest BCUT2D eigenvalue weighted by Gasteiger charge is 2.48. The van der Waals surface area contributed by atoms with E-state index in [2.05, 4.69) is 52.9 Å². The summed E-state index contributed by atoms with van der Waals surface area (Å²) in [6.45, 7) is 2.86. The number of carbonyl (C=O) groups is 1. The van der Waals surface area contributed by atoms with E-state index in [9.17, 15) is 38.7 Å². The maximum absolute atomic E-state index is 13.0. The molecule has 1 aliphatic rings. The van der Waals surface area contributed by atoms with E-state index in [1.807, 2.05) is 19.1 Å². The molecule has 0 saturated carbocycles. The predicted molar refractivity (Wildman–Crippen MR) is 200 cm³/mol. The van der Waals surface area contributed by atoms with E-state index in [0.717, 1.165) is 57.8 Å². The van der Waals surface area contributed by atoms with Gasteiger partial charge in [0.25, 0.3) is 0 Å². The molecule has 0 aromatic heterocycles. The van der Waals surface area contributed by atoms with Crippen molar-refractivity contribution in [1.29, 1.82) is 0 Å². The van der Waals surface area contributed by atoms with Crippen LogP contribution in [0.15, 0.2) is 60.8 Å². The van der Waals surface area contributed by atoms with E-state index in [-0.39, 0.29) is 6.42 Å². The van der Waals surface area contributed by atoms with Crippen LogP contribution in [-0.4, -0.2) is 107 Å². The van der Waals surface area contributed by atoms with E-state index in [0.29, 0.717) is 12.8 Å². The van der Waals surface area contributed by atoms with Crippen molar-refractivity contribution in [3.8, 4) is 0 Å². The first-order chi connectivity index (χ1) is 24.9. The second-order valence-corrected chi connectivity index (χ2v) is 14.0. The smallest absolute Gasteiger partial charge is 0.394 e. The molecule has 52 heavy (non-hydrogen) atoms. The molecular weight excluding hydrogens is 694 g/mol. The van der Waals surface area contributed by atoms with E-state index < -0.39 is 78.5 Å². The second kappa shape index (κ2) is 29.2. The van der Waals surface area contributed by atoms with Gasteiger partial charge in [0.05, 0.1) is 25.4 Å². The standard InChI is InChI=1S/C38H65NO12S/c1-3-5-7-9-11-13-14-15-16-17-19-21-23-25-27-32(42)37(45)39-30(31(41)26-24-22-20-18-12-10-8-6-4-2)29-49-38-35(44)36(51-52(46,47)48)34(43)33(28-40)50-38/h4,6,11-15,18,24,26,30-36,38,40-44H,3,5,7-10,16-17,19-23,25,27-29H2,1-2H3,(H,39,45)(H,46,47,48)/b6-4+,13-11-,15-14-,18-12+,26-24+. The fourth-order valence-corrected chi connectivity index (χ4v) is 5.94. The van der Waals surface area contributed by atoms with Crippen LogP contribution in [0.1, 0.15) is 110 Å². The molecule has 8 atom stereocenters. The summed E-state index contributed by atoms with van der Waals surface area (Å²) in [6, 6.07) is -1.15. The minimum Gasteiger partial charge on any atom is -0.394 e. The third kappa shape index (κ3) is 22.1. The van der Waals surface area contributed by atoms with Crippen molar-refractivity contribution in [1.82, 2.24) is 5.32 Å². The lowest BCUT2D eigenvalue weighted by Gasteiger charge is -2.41. The predicted octanol–water partition coefficient (Wildman–Crippen LogP) is 4.51. The zero-order chi connectivity index (χ0) is 38.6. The summed E-state index contributed by atoms with van der Waals surface area (Å²) in [5.41, 5.74) is 0. The van der Waals surface area contributed by atoms with E-state index in [1.54, 1.807) is 6.08 Å². The molecule has 300 valence electrons. The third-order valence-electron chi connectivity index (χ3n) is 8.48. The number of aliphatic hydroxyl groups is 5. The molecule has 1 heterocycles. The molecule has 1 aliphatic heterocycles. The lowest BCUT2D eigenvalue weighted by Crippen LogP contribution is -2.61. The number of ether oxygens (including phenoxy) is 2. The number of hydrogen-bond acceptors (Lipinski definition) is 11. The van der Waals surface area contributed by atoms with Gasteiger partial charge in [0.1, 0.15) is 30.5 Å². The van der Waals surface area contributed by atoms with Crippen LogP contribution in [0, 0.1) is 0 Å². The zero-order valence-electron chi connectivity index (χ0n) is 31.0. The highest BCUT2D eigenvalue weighted by Crippen LogP contribution is 2.26. The number of allylic oxidation sites excluding steroid dienone is 9. The van der Waals surface area contributed by atoms with E-state index in [1.165, 1.54) is 25.3 Å². The van der Waals surface area contributed by atoms with Gasteiger partial charge in [-0.25, -0.2) is 4.18 Å². The summed E-state index contributed by atoms with van der Waals surface area (Å²) in [7, 11) is -5.12. The maximum Gasteiger partial charge on any atom is 0.397 e. The molecule has 0 spiro atoms. The van der Waals surface area contributed by atoms with Crippen molar-refractivity contribution in [3.05, 3.63) is 60.8 Å². The normalized spacial score (nSPS) is 23.4. The number of carbonyl (C=O) groups excluding carboxylic acids is 1. The van der Waals surface area contributed by atoms with Crippen molar-refractivity contribution in [2.45, 2.75) is 159 Å². The lowest BCUT2D eigenvalue weighted by atomic mass is 9.99. The third-order valence-corrected chi connectivity index (χ3v) is 8.94. The van der Waals surface area contributed by atoms with Gasteiger partial charge in [0.15, 0.2) is 6.29 Å². The van der Waals surface area contributed by atoms with Gasteiger partial charge in [-0.05, 0) is 64.7 Å². The maximum atomic E-state index is 13.0. The van der Waals surface area contributed by atoms with E-state index >= 15 is 0 Å². The summed E-state index contributed by atoms with van der Waals surface area (Å²) < 4.78 is 47.1. The van der Waals surface area contributed by atoms with Crippen LogP contribution < -0.4 is 5.32 Å². The average Bonchev–Trinajstić information content (AvgIpc) is 3.11. The van der Waals surface area contributed by atoms with Gasteiger partial charge in [-0.3, -0.25) is 9.35 Å². The first kappa shape index (κ1) is 47.8. The average molecular weight is 760 g/mol. The van der Waals surface area contributed by atoms with Crippen LogP contribution in [0.4, 0.5) is 0 Å². The lowest BCUT2D eigenvalue weighted by molar-refractivity contribution is -0.298. The summed E-state index contributed by atoms with van der Waals surface area (Å²) in [6.07, 6.45) is 22.1. The molecule has 1 rings (SSSR count). The molecule has 8 unspecified atom stereocenters. The van der Waals surface area contributed by atoms with Crippen molar-refractivity contribution in [3.63, 3.8) is 0 Å². The molecule has 0 aromatic rings. The van der Waals surface area contributed by atoms with Gasteiger partial charge in [-0.1, -0.05) is 106 Å². The fraction of sp³-hybridized carbons (Fsp3) is 0.711. The van der Waals surface area contributed by atoms with Gasteiger partial charge in [0, 0.05) is 0 Å². The second-order valence-electron chi connectivity index (χ2n) is 13.0. The summed E-state index contributed by atoms with van der Waals surface area (Å²) in [4.78, 5) is 13.0. The van der Waals surface area contributed by atoms with Crippen LogP contribution in [0.25, 0.3) is 0 Å². The summed E-state index contributed by atoms with van der Waals surface area (Å²) in [5, 5.41) is 54.7. The monoisotopic (exact) mass is 759 g/mol. The largest absolute Gasteiger partial charge is 0.397 e. The Hall–Kier alpha value is -2.24. The Bertz CT molecular complexity index is 1190. The van der Waals surface area contributed by atoms with Gasteiger partial charge in [-0.15, -0.1) is 0 Å². The molecule has 13 nitrogen and oxygen atoms in total. The Labute approximate surface area is 311 Å². The number of nitrogens with one attached hydrogen (secondary N) is 1. The molecule has 0 bridgehead atoms. The topological polar surface area (TPSA) is 212 Å². The van der Waals surface area contributed by atoms with Gasteiger partial charge >= 0.3 is 10.4 Å². The highest BCUT2D eigenvalue weighted by molar-refractivity contribution is 7.80. The Morgan fingerprint density at radius 1 is 0.827 bits per heavy atom. The van der Waals surface area contributed by atoms with Crippen LogP contribution >= 0.6 is 0 Å². The first-order valence-electron chi connectivity index (χ1n) is 18.8. The van der Waals surface area contributed by atoms with Gasteiger partial charge < -0.3 is 40.3 Å². The number of rotatable bonds is 29. The fourth-order valence-electron chi connectivity index (χ4n) is 5.43. The number of unbranched alkanes of at least 4 members (excludes halogenated alkanes) is 10. The minimum absolute atomic E-state index is 0.212. The molecule has 14 heteroatoms. The van der Waals surface area contributed by atoms with Gasteiger partial charge in [-0.2, -0.15) is 8.42 Å². The number of amides is 1. The summed E-state index contributed by atoms with van der Waals surface area (Å²) >= 11 is 0. The minimum atomic E-state index is -5.12. The number of hydrogen-bond donors (Lipinski definition) is 7. The Morgan fingerprint density at radius 3 is 2.04 bits per heavy atom. The van der Waals surface area contributed by atoms with Crippen LogP contribution in [0.5, 0.6) is 0 Å². The first-order valence-corrected chi connectivity index (χ1v) is 20.1. The number of aliphatic hydroxyl groups excluding tert-OH is 5. The Morgan fingerprint density at radius 2 is 1.42 bits per heavy atom. The van der Waals surface area contributed by atoms with Crippen molar-refractivity contribution < 1.29 is 57.0 Å². The van der Waals surface area contributed by atoms with Crippen molar-refractivity contribution >= 4 is 16.3 Å². The zero-order valence-corrected chi connectivity index (χ0v) is 31.8. The molecule has 1 fully saturated rings. The highest BCUT2D eigenvalue weighted by atomic mass is 32.3. The molecule has 0 aromatic carbocycles. The SMILES string of the molecule is C/C=C/CC/C=C/CC/C=C/C(O)C(COC1OC(CO)C(O)C(OS(=O)(=O)O)C1O)NC(=O)C(O)CCCCCCC/C=C\C=C/CCCCC. The summed E-state index contributed by atoms with van der Waals surface area (Å²) in [5.74, 6) is -0.737.